The molecular weight excluding hydrogens is 120 g/mol. The second kappa shape index (κ2) is 3.80. The molecule has 58 valence electrons. The third kappa shape index (κ3) is 1.86. The van der Waals surface area contributed by atoms with Gasteiger partial charge in [0.1, 0.15) is 0 Å². The summed E-state index contributed by atoms with van der Waals surface area (Å²) in [7, 11) is 0. The van der Waals surface area contributed by atoms with Crippen LogP contribution < -0.4 is 0 Å². The molecule has 0 unspecified atom stereocenters. The Kier molecular flexibility index (Phi) is 2.98. The van der Waals surface area contributed by atoms with E-state index in [0.717, 1.165) is 5.92 Å². The van der Waals surface area contributed by atoms with Crippen LogP contribution >= 0.6 is 0 Å². The summed E-state index contributed by atoms with van der Waals surface area (Å²) >= 11 is 0. The average molecular weight is 138 g/mol. The fourth-order valence-electron chi connectivity index (χ4n) is 1.57. The lowest BCUT2D eigenvalue weighted by atomic mass is 9.89. The Balaban J connectivity index is 2.44. The van der Waals surface area contributed by atoms with Crippen LogP contribution in [-0.4, -0.2) is 0 Å². The Bertz CT molecular complexity index is 122. The molecule has 0 fully saturated rings. The van der Waals surface area contributed by atoms with Gasteiger partial charge in [0, 0.05) is 0 Å². The molecule has 0 aliphatic heterocycles. The van der Waals surface area contributed by atoms with E-state index in [4.69, 9.17) is 0 Å². The van der Waals surface area contributed by atoms with Crippen molar-refractivity contribution in [3.8, 4) is 0 Å². The lowest BCUT2D eigenvalue weighted by Crippen LogP contribution is -2.01. The van der Waals surface area contributed by atoms with Crippen molar-refractivity contribution >= 4 is 0 Å². The highest BCUT2D eigenvalue weighted by Crippen LogP contribution is 2.25. The van der Waals surface area contributed by atoms with Crippen LogP contribution in [0.2, 0.25) is 0 Å². The van der Waals surface area contributed by atoms with E-state index in [1.807, 2.05) is 0 Å². The first kappa shape index (κ1) is 7.84. The molecule has 0 heterocycles. The number of rotatable bonds is 2. The summed E-state index contributed by atoms with van der Waals surface area (Å²) < 4.78 is 0. The summed E-state index contributed by atoms with van der Waals surface area (Å²) in [6.45, 7) is 4.62. The standard InChI is InChI=1S/C10H18/c1-3-9(2)10-7-5-4-6-8-10/h7,9H,3-6,8H2,1-2H3/t9-/m1/s1. The molecule has 0 radical (unpaired) electrons. The molecule has 0 aromatic heterocycles. The lowest BCUT2D eigenvalue weighted by Gasteiger charge is -2.17. The minimum Gasteiger partial charge on any atom is -0.0851 e. The number of hydrogen-bond donors (Lipinski definition) is 0. The Hall–Kier alpha value is -0.260. The van der Waals surface area contributed by atoms with Gasteiger partial charge in [0.2, 0.25) is 0 Å². The smallest absolute Gasteiger partial charge is 0.0234 e. The summed E-state index contributed by atoms with van der Waals surface area (Å²) in [5.41, 5.74) is 1.72. The Labute approximate surface area is 64.3 Å². The molecule has 10 heavy (non-hydrogen) atoms. The van der Waals surface area contributed by atoms with Crippen LogP contribution in [-0.2, 0) is 0 Å². The van der Waals surface area contributed by atoms with Crippen molar-refractivity contribution in [3.63, 3.8) is 0 Å². The van der Waals surface area contributed by atoms with Crippen molar-refractivity contribution in [3.05, 3.63) is 11.6 Å². The van der Waals surface area contributed by atoms with Gasteiger partial charge in [-0.1, -0.05) is 25.5 Å². The number of hydrogen-bond acceptors (Lipinski definition) is 0. The largest absolute Gasteiger partial charge is 0.0851 e. The minimum atomic E-state index is 0.847. The molecule has 0 amide bonds. The topological polar surface area (TPSA) is 0 Å². The highest BCUT2D eigenvalue weighted by Gasteiger charge is 2.08. The predicted molar refractivity (Wildman–Crippen MR) is 46.0 cm³/mol. The van der Waals surface area contributed by atoms with Crippen molar-refractivity contribution in [1.82, 2.24) is 0 Å². The van der Waals surface area contributed by atoms with E-state index < -0.39 is 0 Å². The van der Waals surface area contributed by atoms with Crippen LogP contribution in [0, 0.1) is 5.92 Å². The Morgan fingerprint density at radius 2 is 2.30 bits per heavy atom. The maximum atomic E-state index is 2.46. The second-order valence-electron chi connectivity index (χ2n) is 3.33. The summed E-state index contributed by atoms with van der Waals surface area (Å²) in [6, 6.07) is 0. The molecule has 0 aromatic carbocycles. The number of allylic oxidation sites excluding steroid dienone is 2. The molecule has 1 atom stereocenters. The van der Waals surface area contributed by atoms with Gasteiger partial charge in [0.25, 0.3) is 0 Å². The molecule has 0 heteroatoms. The van der Waals surface area contributed by atoms with E-state index in [-0.39, 0.29) is 0 Å². The molecule has 1 aliphatic carbocycles. The van der Waals surface area contributed by atoms with Crippen molar-refractivity contribution in [2.75, 3.05) is 0 Å². The van der Waals surface area contributed by atoms with Gasteiger partial charge in [-0.15, -0.1) is 0 Å². The molecule has 0 saturated heterocycles. The quantitative estimate of drug-likeness (QED) is 0.512. The van der Waals surface area contributed by atoms with Gasteiger partial charge >= 0.3 is 0 Å². The molecule has 0 spiro atoms. The van der Waals surface area contributed by atoms with Crippen LogP contribution in [0.3, 0.4) is 0 Å². The Morgan fingerprint density at radius 1 is 1.50 bits per heavy atom. The molecule has 0 nitrogen and oxygen atoms in total. The fourth-order valence-corrected chi connectivity index (χ4v) is 1.57. The highest BCUT2D eigenvalue weighted by atomic mass is 14.1. The maximum absolute atomic E-state index is 2.46. The first-order valence-electron chi connectivity index (χ1n) is 4.53. The summed E-state index contributed by atoms with van der Waals surface area (Å²) in [6.07, 6.45) is 9.31. The van der Waals surface area contributed by atoms with Crippen LogP contribution in [0.4, 0.5) is 0 Å². The van der Waals surface area contributed by atoms with E-state index in [1.165, 1.54) is 32.1 Å². The van der Waals surface area contributed by atoms with E-state index in [0.29, 0.717) is 0 Å². The van der Waals surface area contributed by atoms with Crippen molar-refractivity contribution in [2.24, 2.45) is 5.92 Å². The third-order valence-corrected chi connectivity index (χ3v) is 2.57. The minimum absolute atomic E-state index is 0.847. The molecule has 1 aliphatic rings. The molecule has 1 rings (SSSR count). The third-order valence-electron chi connectivity index (χ3n) is 2.57. The van der Waals surface area contributed by atoms with E-state index in [9.17, 15) is 0 Å². The molecule has 0 N–H and O–H groups in total. The van der Waals surface area contributed by atoms with Crippen molar-refractivity contribution < 1.29 is 0 Å². The monoisotopic (exact) mass is 138 g/mol. The molecule has 0 aromatic rings. The van der Waals surface area contributed by atoms with E-state index in [1.54, 1.807) is 5.57 Å². The maximum Gasteiger partial charge on any atom is -0.0234 e. The van der Waals surface area contributed by atoms with Gasteiger partial charge < -0.3 is 0 Å². The predicted octanol–water partition coefficient (Wildman–Crippen LogP) is 3.53. The van der Waals surface area contributed by atoms with Crippen LogP contribution in [0.25, 0.3) is 0 Å². The normalized spacial score (nSPS) is 22.0. The van der Waals surface area contributed by atoms with Crippen LogP contribution in [0.5, 0.6) is 0 Å². The summed E-state index contributed by atoms with van der Waals surface area (Å²) in [4.78, 5) is 0. The van der Waals surface area contributed by atoms with Gasteiger partial charge in [0.05, 0.1) is 0 Å². The zero-order valence-electron chi connectivity index (χ0n) is 7.19. The first-order chi connectivity index (χ1) is 4.84. The highest BCUT2D eigenvalue weighted by molar-refractivity contribution is 5.07. The SMILES string of the molecule is CC[C@@H](C)C1=CCCCC1. The van der Waals surface area contributed by atoms with Gasteiger partial charge in [-0.05, 0) is 38.0 Å². The Morgan fingerprint density at radius 3 is 2.80 bits per heavy atom. The van der Waals surface area contributed by atoms with Crippen molar-refractivity contribution in [1.29, 1.82) is 0 Å². The van der Waals surface area contributed by atoms with Gasteiger partial charge in [-0.2, -0.15) is 0 Å². The van der Waals surface area contributed by atoms with Gasteiger partial charge in [-0.25, -0.2) is 0 Å². The summed E-state index contributed by atoms with van der Waals surface area (Å²) in [5.74, 6) is 0.847. The zero-order valence-corrected chi connectivity index (χ0v) is 7.19. The second-order valence-corrected chi connectivity index (χ2v) is 3.33. The fraction of sp³-hybridized carbons (Fsp3) is 0.800. The van der Waals surface area contributed by atoms with Gasteiger partial charge in [-0.3, -0.25) is 0 Å². The van der Waals surface area contributed by atoms with E-state index >= 15 is 0 Å². The van der Waals surface area contributed by atoms with E-state index in [2.05, 4.69) is 19.9 Å². The van der Waals surface area contributed by atoms with Crippen LogP contribution in [0.15, 0.2) is 11.6 Å². The summed E-state index contributed by atoms with van der Waals surface area (Å²) in [5, 5.41) is 0. The average Bonchev–Trinajstić information content (AvgIpc) is 2.05. The molecule has 0 saturated carbocycles. The van der Waals surface area contributed by atoms with Gasteiger partial charge in [0.15, 0.2) is 0 Å². The molecular formula is C10H18. The lowest BCUT2D eigenvalue weighted by molar-refractivity contribution is 0.573. The zero-order chi connectivity index (χ0) is 7.40. The van der Waals surface area contributed by atoms with Crippen LogP contribution in [0.1, 0.15) is 46.0 Å². The van der Waals surface area contributed by atoms with Crippen molar-refractivity contribution in [2.45, 2.75) is 46.0 Å². The first-order valence-corrected chi connectivity index (χ1v) is 4.53. The molecule has 0 bridgehead atoms.